The van der Waals surface area contributed by atoms with Crippen molar-refractivity contribution in [1.82, 2.24) is 0 Å². The molecular formula is C7H6O2S2. The van der Waals surface area contributed by atoms with E-state index in [0.717, 1.165) is 16.6 Å². The summed E-state index contributed by atoms with van der Waals surface area (Å²) < 4.78 is 4.73. The van der Waals surface area contributed by atoms with Crippen molar-refractivity contribution in [3.63, 3.8) is 0 Å². The quantitative estimate of drug-likeness (QED) is 0.661. The molecule has 0 saturated carbocycles. The Kier molecular flexibility index (Phi) is 1.87. The minimum absolute atomic E-state index is 0.480. The molecule has 0 unspecified atom stereocenters. The maximum Gasteiger partial charge on any atom is 0.299 e. The van der Waals surface area contributed by atoms with Gasteiger partial charge in [0.1, 0.15) is 0 Å². The van der Waals surface area contributed by atoms with Crippen molar-refractivity contribution in [3.05, 3.63) is 16.5 Å². The van der Waals surface area contributed by atoms with Crippen LogP contribution in [0.25, 0.3) is 0 Å². The summed E-state index contributed by atoms with van der Waals surface area (Å²) in [5.41, 5.74) is 1.33. The number of thioether (sulfide) groups is 1. The number of ether oxygens (including phenoxy) is 1. The van der Waals surface area contributed by atoms with Crippen LogP contribution in [0.1, 0.15) is 10.4 Å². The Hall–Kier alpha value is -0.480. The Morgan fingerprint density at radius 2 is 2.45 bits per heavy atom. The van der Waals surface area contributed by atoms with E-state index >= 15 is 0 Å². The Bertz CT molecular complexity index is 258. The predicted octanol–water partition coefficient (Wildman–Crippen LogP) is 2.03. The standard InChI is InChI=1S/C7H6O2S2/c8-4-9-7-1-5-2-10-3-6(5)11-7/h1,4H,2-3H2. The van der Waals surface area contributed by atoms with Gasteiger partial charge in [-0.15, -0.1) is 11.3 Å². The Balaban J connectivity index is 2.27. The molecule has 2 rings (SSSR count). The molecule has 0 radical (unpaired) electrons. The highest BCUT2D eigenvalue weighted by atomic mass is 32.2. The third kappa shape index (κ3) is 1.28. The molecule has 0 fully saturated rings. The number of fused-ring (bicyclic) bond motifs is 1. The number of carbonyl (C=O) groups excluding carboxylic acids is 1. The molecule has 58 valence electrons. The van der Waals surface area contributed by atoms with Gasteiger partial charge in [-0.2, -0.15) is 11.8 Å². The van der Waals surface area contributed by atoms with E-state index < -0.39 is 0 Å². The summed E-state index contributed by atoms with van der Waals surface area (Å²) in [6.45, 7) is 0.480. The molecule has 0 aliphatic carbocycles. The number of thiophene rings is 1. The molecule has 4 heteroatoms. The molecule has 1 aliphatic rings. The molecule has 0 amide bonds. The highest BCUT2D eigenvalue weighted by Gasteiger charge is 2.15. The fourth-order valence-electron chi connectivity index (χ4n) is 1.04. The van der Waals surface area contributed by atoms with Crippen LogP contribution in [0.3, 0.4) is 0 Å². The molecule has 0 aromatic carbocycles. The Labute approximate surface area is 72.6 Å². The van der Waals surface area contributed by atoms with Crippen LogP contribution in [0.4, 0.5) is 0 Å². The summed E-state index contributed by atoms with van der Waals surface area (Å²) in [4.78, 5) is 11.3. The smallest absolute Gasteiger partial charge is 0.299 e. The van der Waals surface area contributed by atoms with Gasteiger partial charge in [-0.05, 0) is 11.6 Å². The van der Waals surface area contributed by atoms with Crippen molar-refractivity contribution >= 4 is 29.6 Å². The molecule has 0 N–H and O–H groups in total. The van der Waals surface area contributed by atoms with E-state index in [-0.39, 0.29) is 0 Å². The van der Waals surface area contributed by atoms with Gasteiger partial charge in [0.05, 0.1) is 0 Å². The van der Waals surface area contributed by atoms with Gasteiger partial charge in [-0.25, -0.2) is 0 Å². The number of rotatable bonds is 2. The summed E-state index contributed by atoms with van der Waals surface area (Å²) in [7, 11) is 0. The summed E-state index contributed by atoms with van der Waals surface area (Å²) in [5, 5.41) is 0.727. The minimum atomic E-state index is 0.480. The average Bonchev–Trinajstić information content (AvgIpc) is 2.46. The van der Waals surface area contributed by atoms with Crippen molar-refractivity contribution in [2.45, 2.75) is 11.5 Å². The minimum Gasteiger partial charge on any atom is -0.418 e. The maximum absolute atomic E-state index is 9.98. The SMILES string of the molecule is O=COc1cc2c(s1)CSC2. The van der Waals surface area contributed by atoms with E-state index in [9.17, 15) is 4.79 Å². The van der Waals surface area contributed by atoms with Crippen LogP contribution in [0, 0.1) is 0 Å². The van der Waals surface area contributed by atoms with E-state index in [1.807, 2.05) is 17.8 Å². The first-order chi connectivity index (χ1) is 5.40. The lowest BCUT2D eigenvalue weighted by Crippen LogP contribution is -1.83. The molecule has 0 atom stereocenters. The molecule has 0 bridgehead atoms. The van der Waals surface area contributed by atoms with Gasteiger partial charge in [0.25, 0.3) is 6.47 Å². The van der Waals surface area contributed by atoms with Crippen LogP contribution in [0.5, 0.6) is 5.06 Å². The van der Waals surface area contributed by atoms with Crippen LogP contribution < -0.4 is 4.74 Å². The van der Waals surface area contributed by atoms with E-state index in [0.29, 0.717) is 6.47 Å². The molecule has 0 saturated heterocycles. The lowest BCUT2D eigenvalue weighted by Gasteiger charge is -1.88. The monoisotopic (exact) mass is 186 g/mol. The predicted molar refractivity (Wildman–Crippen MR) is 46.0 cm³/mol. The van der Waals surface area contributed by atoms with Crippen molar-refractivity contribution in [2.24, 2.45) is 0 Å². The van der Waals surface area contributed by atoms with Gasteiger partial charge in [0, 0.05) is 16.4 Å². The molecule has 2 heterocycles. The fraction of sp³-hybridized carbons (Fsp3) is 0.286. The lowest BCUT2D eigenvalue weighted by atomic mass is 10.3. The zero-order valence-electron chi connectivity index (χ0n) is 5.70. The molecule has 0 spiro atoms. The molecule has 1 aliphatic heterocycles. The van der Waals surface area contributed by atoms with Crippen molar-refractivity contribution in [1.29, 1.82) is 0 Å². The van der Waals surface area contributed by atoms with Crippen LogP contribution >= 0.6 is 23.1 Å². The van der Waals surface area contributed by atoms with Crippen molar-refractivity contribution in [3.8, 4) is 5.06 Å². The first kappa shape index (κ1) is 7.18. The number of carbonyl (C=O) groups is 1. The second-order valence-corrected chi connectivity index (χ2v) is 4.31. The summed E-state index contributed by atoms with van der Waals surface area (Å²) in [5.74, 6) is 2.14. The van der Waals surface area contributed by atoms with Gasteiger partial charge < -0.3 is 4.74 Å². The van der Waals surface area contributed by atoms with E-state index in [2.05, 4.69) is 0 Å². The second kappa shape index (κ2) is 2.87. The summed E-state index contributed by atoms with van der Waals surface area (Å²) >= 11 is 3.48. The highest BCUT2D eigenvalue weighted by molar-refractivity contribution is 7.98. The second-order valence-electron chi connectivity index (χ2n) is 2.22. The third-order valence-corrected chi connectivity index (χ3v) is 3.79. The maximum atomic E-state index is 9.98. The molecule has 1 aromatic rings. The van der Waals surface area contributed by atoms with Crippen LogP contribution in [0.2, 0.25) is 0 Å². The van der Waals surface area contributed by atoms with Crippen molar-refractivity contribution < 1.29 is 9.53 Å². The third-order valence-electron chi connectivity index (χ3n) is 1.53. The summed E-state index contributed by atoms with van der Waals surface area (Å²) in [6, 6.07) is 1.95. The first-order valence-corrected chi connectivity index (χ1v) is 5.17. The van der Waals surface area contributed by atoms with E-state index in [1.54, 1.807) is 11.3 Å². The largest absolute Gasteiger partial charge is 0.418 e. The zero-order valence-corrected chi connectivity index (χ0v) is 7.33. The van der Waals surface area contributed by atoms with Gasteiger partial charge >= 0.3 is 0 Å². The summed E-state index contributed by atoms with van der Waals surface area (Å²) in [6.07, 6.45) is 0. The Morgan fingerprint density at radius 3 is 3.18 bits per heavy atom. The first-order valence-electron chi connectivity index (χ1n) is 3.20. The normalized spacial score (nSPS) is 14.5. The van der Waals surface area contributed by atoms with Crippen molar-refractivity contribution in [2.75, 3.05) is 0 Å². The topological polar surface area (TPSA) is 26.3 Å². The van der Waals surface area contributed by atoms with Gasteiger partial charge in [-0.1, -0.05) is 0 Å². The van der Waals surface area contributed by atoms with E-state index in [4.69, 9.17) is 4.74 Å². The molecular weight excluding hydrogens is 180 g/mol. The highest BCUT2D eigenvalue weighted by Crippen LogP contribution is 2.39. The molecule has 11 heavy (non-hydrogen) atoms. The van der Waals surface area contributed by atoms with Crippen LogP contribution in [-0.2, 0) is 16.3 Å². The van der Waals surface area contributed by atoms with Crippen LogP contribution in [-0.4, -0.2) is 6.47 Å². The van der Waals surface area contributed by atoms with Crippen LogP contribution in [0.15, 0.2) is 6.07 Å². The van der Waals surface area contributed by atoms with Gasteiger partial charge in [0.2, 0.25) is 0 Å². The number of hydrogen-bond donors (Lipinski definition) is 0. The average molecular weight is 186 g/mol. The molecule has 1 aromatic heterocycles. The fourth-order valence-corrected chi connectivity index (χ4v) is 3.36. The molecule has 2 nitrogen and oxygen atoms in total. The number of hydrogen-bond acceptors (Lipinski definition) is 4. The lowest BCUT2D eigenvalue weighted by molar-refractivity contribution is -0.120. The van der Waals surface area contributed by atoms with Gasteiger partial charge in [-0.3, -0.25) is 4.79 Å². The zero-order chi connectivity index (χ0) is 7.68. The van der Waals surface area contributed by atoms with E-state index in [1.165, 1.54) is 10.4 Å². The Morgan fingerprint density at radius 1 is 1.55 bits per heavy atom. The van der Waals surface area contributed by atoms with Gasteiger partial charge in [0.15, 0.2) is 5.06 Å².